The van der Waals surface area contributed by atoms with Crippen molar-refractivity contribution in [2.24, 2.45) is 11.8 Å². The molecule has 2 aliphatic heterocycles. The molecule has 2 rings (SSSR count). The van der Waals surface area contributed by atoms with E-state index in [-0.39, 0.29) is 18.4 Å². The second-order valence-corrected chi connectivity index (χ2v) is 5.30. The highest BCUT2D eigenvalue weighted by atomic mass is 19.1. The molecular weight excluding hydrogens is 255 g/mol. The molecule has 0 aromatic rings. The normalized spacial score (nSPS) is 29.3. The fourth-order valence-corrected chi connectivity index (χ4v) is 3.15. The van der Waals surface area contributed by atoms with E-state index in [2.05, 4.69) is 0 Å². The first-order chi connectivity index (χ1) is 8.99. The maximum Gasteiger partial charge on any atom is 0.407 e. The molecule has 2 atom stereocenters. The Bertz CT molecular complexity index is 358. The minimum Gasteiger partial charge on any atom is -0.465 e. The summed E-state index contributed by atoms with van der Waals surface area (Å²) in [6, 6.07) is 0. The number of rotatable bonds is 1. The predicted octanol–water partition coefficient (Wildman–Crippen LogP) is 1.71. The van der Waals surface area contributed by atoms with Crippen molar-refractivity contribution in [3.05, 3.63) is 0 Å². The Morgan fingerprint density at radius 1 is 0.947 bits per heavy atom. The lowest BCUT2D eigenvalue weighted by molar-refractivity contribution is 0.0316. The maximum absolute atomic E-state index is 14.1. The van der Waals surface area contributed by atoms with Gasteiger partial charge in [0.05, 0.1) is 6.54 Å². The fourth-order valence-electron chi connectivity index (χ4n) is 3.15. The van der Waals surface area contributed by atoms with Crippen LogP contribution in [-0.2, 0) is 0 Å². The van der Waals surface area contributed by atoms with Gasteiger partial charge in [-0.15, -0.1) is 0 Å². The molecule has 0 bridgehead atoms. The van der Waals surface area contributed by atoms with Crippen molar-refractivity contribution >= 4 is 12.2 Å². The first-order valence-electron chi connectivity index (χ1n) is 6.59. The van der Waals surface area contributed by atoms with Crippen LogP contribution in [0.4, 0.5) is 14.0 Å². The summed E-state index contributed by atoms with van der Waals surface area (Å²) in [5, 5.41) is 17.7. The molecule has 0 spiro atoms. The molecule has 2 heterocycles. The molecule has 0 saturated carbocycles. The highest BCUT2D eigenvalue weighted by Crippen LogP contribution is 2.34. The summed E-state index contributed by atoms with van der Waals surface area (Å²) >= 11 is 0. The molecule has 19 heavy (non-hydrogen) atoms. The number of alkyl halides is 1. The second kappa shape index (κ2) is 5.63. The molecule has 2 fully saturated rings. The quantitative estimate of drug-likeness (QED) is 0.762. The van der Waals surface area contributed by atoms with Crippen LogP contribution in [0.15, 0.2) is 0 Å². The van der Waals surface area contributed by atoms with Crippen molar-refractivity contribution in [2.75, 3.05) is 26.2 Å². The smallest absolute Gasteiger partial charge is 0.407 e. The fraction of sp³-hybridized carbons (Fsp3) is 0.833. The van der Waals surface area contributed by atoms with Gasteiger partial charge in [-0.3, -0.25) is 0 Å². The second-order valence-electron chi connectivity index (χ2n) is 5.30. The lowest BCUT2D eigenvalue weighted by Gasteiger charge is -2.40. The summed E-state index contributed by atoms with van der Waals surface area (Å²) in [5.41, 5.74) is 0. The third-order valence-corrected chi connectivity index (χ3v) is 4.28. The molecule has 7 heteroatoms. The lowest BCUT2D eigenvalue weighted by atomic mass is 9.78. The number of amides is 2. The van der Waals surface area contributed by atoms with Gasteiger partial charge in [-0.05, 0) is 31.1 Å². The van der Waals surface area contributed by atoms with E-state index in [1.54, 1.807) is 0 Å². The van der Waals surface area contributed by atoms with Crippen LogP contribution < -0.4 is 0 Å². The SMILES string of the molecule is O=C(O)N1CCC(C2CCN(C(=O)O)CC2F)CC1. The van der Waals surface area contributed by atoms with Crippen LogP contribution in [0.5, 0.6) is 0 Å². The molecule has 0 aromatic carbocycles. The van der Waals surface area contributed by atoms with E-state index < -0.39 is 18.4 Å². The first kappa shape index (κ1) is 13.9. The van der Waals surface area contributed by atoms with E-state index in [0.29, 0.717) is 38.9 Å². The van der Waals surface area contributed by atoms with E-state index in [9.17, 15) is 14.0 Å². The zero-order chi connectivity index (χ0) is 14.0. The molecule has 0 radical (unpaired) electrons. The Morgan fingerprint density at radius 3 is 1.95 bits per heavy atom. The minimum atomic E-state index is -1.13. The molecule has 2 amide bonds. The monoisotopic (exact) mass is 274 g/mol. The van der Waals surface area contributed by atoms with Gasteiger partial charge in [0.1, 0.15) is 6.17 Å². The van der Waals surface area contributed by atoms with Crippen molar-refractivity contribution < 1.29 is 24.2 Å². The van der Waals surface area contributed by atoms with E-state index in [1.165, 1.54) is 4.90 Å². The molecule has 2 aliphatic rings. The standard InChI is InChI=1S/C12H19FN2O4/c13-10-7-15(12(18)19)6-3-9(10)8-1-4-14(5-2-8)11(16)17/h8-10H,1-7H2,(H,16,17)(H,18,19). The molecule has 2 N–H and O–H groups in total. The van der Waals surface area contributed by atoms with Crippen LogP contribution in [0.3, 0.4) is 0 Å². The number of piperidine rings is 2. The average Bonchev–Trinajstić information content (AvgIpc) is 2.38. The number of halogens is 1. The molecule has 2 unspecified atom stereocenters. The largest absolute Gasteiger partial charge is 0.465 e. The van der Waals surface area contributed by atoms with Gasteiger partial charge in [-0.2, -0.15) is 0 Å². The number of likely N-dealkylation sites (tertiary alicyclic amines) is 2. The van der Waals surface area contributed by atoms with Gasteiger partial charge in [0, 0.05) is 19.6 Å². The zero-order valence-corrected chi connectivity index (χ0v) is 10.7. The number of hydrogen-bond acceptors (Lipinski definition) is 2. The zero-order valence-electron chi connectivity index (χ0n) is 10.7. The van der Waals surface area contributed by atoms with Gasteiger partial charge in [-0.25, -0.2) is 14.0 Å². The molecule has 0 aromatic heterocycles. The Labute approximate surface area is 110 Å². The van der Waals surface area contributed by atoms with Crippen LogP contribution in [0, 0.1) is 11.8 Å². The lowest BCUT2D eigenvalue weighted by Crippen LogP contribution is -2.48. The van der Waals surface area contributed by atoms with Crippen molar-refractivity contribution in [3.63, 3.8) is 0 Å². The molecule has 0 aliphatic carbocycles. The number of carboxylic acid groups (broad SMARTS) is 2. The number of nitrogens with zero attached hydrogens (tertiary/aromatic N) is 2. The van der Waals surface area contributed by atoms with E-state index >= 15 is 0 Å². The third kappa shape index (κ3) is 3.08. The van der Waals surface area contributed by atoms with Gasteiger partial charge in [0.15, 0.2) is 0 Å². The van der Waals surface area contributed by atoms with E-state index in [1.807, 2.05) is 0 Å². The summed E-state index contributed by atoms with van der Waals surface area (Å²) in [7, 11) is 0. The summed E-state index contributed by atoms with van der Waals surface area (Å²) < 4.78 is 14.1. The van der Waals surface area contributed by atoms with E-state index in [4.69, 9.17) is 10.2 Å². The summed E-state index contributed by atoms with van der Waals surface area (Å²) in [6.07, 6.45) is -1.25. The van der Waals surface area contributed by atoms with Gasteiger partial charge >= 0.3 is 12.2 Å². The Kier molecular flexibility index (Phi) is 4.11. The summed E-state index contributed by atoms with van der Waals surface area (Å²) in [4.78, 5) is 24.1. The number of hydrogen-bond donors (Lipinski definition) is 2. The summed E-state index contributed by atoms with van der Waals surface area (Å²) in [6.45, 7) is 1.22. The van der Waals surface area contributed by atoms with Crippen LogP contribution in [0.25, 0.3) is 0 Å². The Hall–Kier alpha value is -1.53. The van der Waals surface area contributed by atoms with Gasteiger partial charge in [-0.1, -0.05) is 0 Å². The summed E-state index contributed by atoms with van der Waals surface area (Å²) in [5.74, 6) is 0.0353. The van der Waals surface area contributed by atoms with Gasteiger partial charge in [0.2, 0.25) is 0 Å². The average molecular weight is 274 g/mol. The Morgan fingerprint density at radius 2 is 1.47 bits per heavy atom. The van der Waals surface area contributed by atoms with Crippen molar-refractivity contribution in [1.82, 2.24) is 9.80 Å². The molecule has 6 nitrogen and oxygen atoms in total. The first-order valence-corrected chi connectivity index (χ1v) is 6.59. The topological polar surface area (TPSA) is 81.1 Å². The molecule has 2 saturated heterocycles. The van der Waals surface area contributed by atoms with Gasteiger partial charge < -0.3 is 20.0 Å². The van der Waals surface area contributed by atoms with Crippen LogP contribution in [-0.4, -0.2) is 64.6 Å². The maximum atomic E-state index is 14.1. The van der Waals surface area contributed by atoms with Gasteiger partial charge in [0.25, 0.3) is 0 Å². The number of carbonyl (C=O) groups is 2. The minimum absolute atomic E-state index is 0.0564. The third-order valence-electron chi connectivity index (χ3n) is 4.28. The highest BCUT2D eigenvalue weighted by Gasteiger charge is 2.38. The molecule has 108 valence electrons. The van der Waals surface area contributed by atoms with Crippen molar-refractivity contribution in [3.8, 4) is 0 Å². The predicted molar refractivity (Wildman–Crippen MR) is 64.9 cm³/mol. The highest BCUT2D eigenvalue weighted by molar-refractivity contribution is 5.65. The van der Waals surface area contributed by atoms with Crippen LogP contribution in [0.1, 0.15) is 19.3 Å². The van der Waals surface area contributed by atoms with Crippen LogP contribution >= 0.6 is 0 Å². The van der Waals surface area contributed by atoms with Crippen LogP contribution in [0.2, 0.25) is 0 Å². The molecular formula is C12H19FN2O4. The van der Waals surface area contributed by atoms with Crippen molar-refractivity contribution in [1.29, 1.82) is 0 Å². The van der Waals surface area contributed by atoms with Crippen molar-refractivity contribution in [2.45, 2.75) is 25.4 Å². The Balaban J connectivity index is 1.87. The van der Waals surface area contributed by atoms with E-state index in [0.717, 1.165) is 4.90 Å².